The average Bonchev–Trinajstić information content (AvgIpc) is 2.41. The minimum atomic E-state index is -4.34. The summed E-state index contributed by atoms with van der Waals surface area (Å²) >= 11 is 0. The van der Waals surface area contributed by atoms with Crippen molar-refractivity contribution < 1.29 is 13.2 Å². The van der Waals surface area contributed by atoms with Crippen LogP contribution in [-0.2, 0) is 12.6 Å². The van der Waals surface area contributed by atoms with Gasteiger partial charge in [0.25, 0.3) is 0 Å². The lowest BCUT2D eigenvalue weighted by Crippen LogP contribution is -2.06. The van der Waals surface area contributed by atoms with Crippen LogP contribution in [0.3, 0.4) is 0 Å². The average molecular weight is 281 g/mol. The molecule has 106 valence electrons. The quantitative estimate of drug-likeness (QED) is 0.914. The molecule has 2 N–H and O–H groups in total. The van der Waals surface area contributed by atoms with Crippen molar-refractivity contribution in [3.63, 3.8) is 0 Å². The maximum absolute atomic E-state index is 12.5. The van der Waals surface area contributed by atoms with E-state index in [2.05, 4.69) is 9.97 Å². The molecule has 0 saturated carbocycles. The van der Waals surface area contributed by atoms with E-state index in [1.54, 1.807) is 6.92 Å². The molecule has 0 aliphatic heterocycles. The highest BCUT2D eigenvalue weighted by Crippen LogP contribution is 2.31. The van der Waals surface area contributed by atoms with Crippen LogP contribution in [0.4, 0.5) is 19.0 Å². The molecule has 1 aromatic heterocycles. The van der Waals surface area contributed by atoms with Crippen LogP contribution < -0.4 is 5.73 Å². The fourth-order valence-corrected chi connectivity index (χ4v) is 1.84. The molecule has 0 saturated heterocycles. The first-order valence-corrected chi connectivity index (χ1v) is 6.13. The van der Waals surface area contributed by atoms with Crippen LogP contribution in [0.2, 0.25) is 0 Å². The van der Waals surface area contributed by atoms with Gasteiger partial charge in [0.05, 0.1) is 11.3 Å². The molecule has 0 fully saturated rings. The van der Waals surface area contributed by atoms with Crippen LogP contribution in [0.25, 0.3) is 11.3 Å². The molecule has 2 rings (SSSR count). The van der Waals surface area contributed by atoms with Crippen molar-refractivity contribution in [2.75, 3.05) is 5.73 Å². The van der Waals surface area contributed by atoms with Gasteiger partial charge in [0.15, 0.2) is 0 Å². The second-order valence-electron chi connectivity index (χ2n) is 4.43. The molecule has 0 radical (unpaired) electrons. The molecule has 0 aliphatic rings. The van der Waals surface area contributed by atoms with Crippen molar-refractivity contribution in [1.82, 2.24) is 9.97 Å². The Morgan fingerprint density at radius 2 is 1.70 bits per heavy atom. The highest BCUT2D eigenvalue weighted by Gasteiger charge is 2.30. The van der Waals surface area contributed by atoms with Crippen LogP contribution in [0.5, 0.6) is 0 Å². The number of alkyl halides is 3. The summed E-state index contributed by atoms with van der Waals surface area (Å²) in [6.45, 7) is 3.64. The number of benzene rings is 1. The lowest BCUT2D eigenvalue weighted by atomic mass is 10.0. The van der Waals surface area contributed by atoms with Crippen LogP contribution in [0.15, 0.2) is 24.3 Å². The van der Waals surface area contributed by atoms with Gasteiger partial charge < -0.3 is 5.73 Å². The van der Waals surface area contributed by atoms with E-state index in [0.29, 0.717) is 34.9 Å². The number of halogens is 3. The molecular weight excluding hydrogens is 267 g/mol. The standard InChI is InChI=1S/C14H14F3N3/c1-3-11-19-12(8(2)13(18)20-11)9-4-6-10(7-5-9)14(15,16)17/h4-7H,3H2,1-2H3,(H2,18,19,20). The molecule has 0 spiro atoms. The zero-order valence-electron chi connectivity index (χ0n) is 11.1. The van der Waals surface area contributed by atoms with Gasteiger partial charge in [-0.15, -0.1) is 0 Å². The molecule has 3 nitrogen and oxygen atoms in total. The monoisotopic (exact) mass is 281 g/mol. The van der Waals surface area contributed by atoms with E-state index >= 15 is 0 Å². The number of nitrogen functional groups attached to an aromatic ring is 1. The van der Waals surface area contributed by atoms with Gasteiger partial charge in [0, 0.05) is 17.5 Å². The van der Waals surface area contributed by atoms with Crippen LogP contribution >= 0.6 is 0 Å². The minimum Gasteiger partial charge on any atom is -0.383 e. The normalized spacial score (nSPS) is 11.7. The Morgan fingerprint density at radius 1 is 1.10 bits per heavy atom. The van der Waals surface area contributed by atoms with E-state index < -0.39 is 11.7 Å². The first-order valence-electron chi connectivity index (χ1n) is 6.13. The van der Waals surface area contributed by atoms with Crippen molar-refractivity contribution in [3.05, 3.63) is 41.2 Å². The number of nitrogens with zero attached hydrogens (tertiary/aromatic N) is 2. The van der Waals surface area contributed by atoms with Crippen LogP contribution in [0, 0.1) is 6.92 Å². The Morgan fingerprint density at radius 3 is 2.20 bits per heavy atom. The SMILES string of the molecule is CCc1nc(N)c(C)c(-c2ccc(C(F)(F)F)cc2)n1. The van der Waals surface area contributed by atoms with E-state index in [1.165, 1.54) is 12.1 Å². The van der Waals surface area contributed by atoms with E-state index in [1.807, 2.05) is 6.92 Å². The van der Waals surface area contributed by atoms with Crippen molar-refractivity contribution >= 4 is 5.82 Å². The number of nitrogens with two attached hydrogens (primary N) is 1. The van der Waals surface area contributed by atoms with Gasteiger partial charge >= 0.3 is 6.18 Å². The van der Waals surface area contributed by atoms with Gasteiger partial charge in [0.1, 0.15) is 11.6 Å². The van der Waals surface area contributed by atoms with E-state index in [4.69, 9.17) is 5.73 Å². The second kappa shape index (κ2) is 5.11. The van der Waals surface area contributed by atoms with E-state index in [9.17, 15) is 13.2 Å². The molecule has 1 aromatic carbocycles. The number of anilines is 1. The smallest absolute Gasteiger partial charge is 0.383 e. The van der Waals surface area contributed by atoms with Crippen molar-refractivity contribution in [2.24, 2.45) is 0 Å². The summed E-state index contributed by atoms with van der Waals surface area (Å²) in [5.41, 5.74) is 6.96. The number of hydrogen-bond donors (Lipinski definition) is 1. The summed E-state index contributed by atoms with van der Waals surface area (Å²) in [5, 5.41) is 0. The molecular formula is C14H14F3N3. The van der Waals surface area contributed by atoms with Gasteiger partial charge in [-0.05, 0) is 19.1 Å². The second-order valence-corrected chi connectivity index (χ2v) is 4.43. The van der Waals surface area contributed by atoms with Crippen molar-refractivity contribution in [1.29, 1.82) is 0 Å². The summed E-state index contributed by atoms with van der Waals surface area (Å²) in [5.74, 6) is 0.926. The molecule has 0 bridgehead atoms. The molecule has 0 amide bonds. The minimum absolute atomic E-state index is 0.353. The Balaban J connectivity index is 2.49. The highest BCUT2D eigenvalue weighted by molar-refractivity contribution is 5.67. The first-order chi connectivity index (χ1) is 9.32. The molecule has 6 heteroatoms. The molecule has 2 aromatic rings. The van der Waals surface area contributed by atoms with Gasteiger partial charge in [-0.3, -0.25) is 0 Å². The Bertz CT molecular complexity index is 619. The summed E-state index contributed by atoms with van der Waals surface area (Å²) in [7, 11) is 0. The van der Waals surface area contributed by atoms with Gasteiger partial charge in [-0.25, -0.2) is 9.97 Å². The molecule has 0 aliphatic carbocycles. The van der Waals surface area contributed by atoms with Crippen molar-refractivity contribution in [3.8, 4) is 11.3 Å². The van der Waals surface area contributed by atoms with Gasteiger partial charge in [0.2, 0.25) is 0 Å². The topological polar surface area (TPSA) is 51.8 Å². The van der Waals surface area contributed by atoms with Crippen LogP contribution in [-0.4, -0.2) is 9.97 Å². The molecule has 0 unspecified atom stereocenters. The lowest BCUT2D eigenvalue weighted by molar-refractivity contribution is -0.137. The largest absolute Gasteiger partial charge is 0.416 e. The molecule has 1 heterocycles. The Hall–Kier alpha value is -2.11. The maximum atomic E-state index is 12.5. The predicted octanol–water partition coefficient (Wildman–Crippen LogP) is 3.62. The number of aromatic nitrogens is 2. The lowest BCUT2D eigenvalue weighted by Gasteiger charge is -2.11. The van der Waals surface area contributed by atoms with E-state index in [-0.39, 0.29) is 0 Å². The highest BCUT2D eigenvalue weighted by atomic mass is 19.4. The third-order valence-corrected chi connectivity index (χ3v) is 3.03. The number of aryl methyl sites for hydroxylation is 1. The van der Waals surface area contributed by atoms with Crippen molar-refractivity contribution in [2.45, 2.75) is 26.4 Å². The van der Waals surface area contributed by atoms with Gasteiger partial charge in [-0.2, -0.15) is 13.2 Å². The van der Waals surface area contributed by atoms with Crippen LogP contribution in [0.1, 0.15) is 23.9 Å². The summed E-state index contributed by atoms with van der Waals surface area (Å²) in [6.07, 6.45) is -3.73. The Labute approximate surface area is 114 Å². The third-order valence-electron chi connectivity index (χ3n) is 3.03. The zero-order valence-corrected chi connectivity index (χ0v) is 11.1. The van der Waals surface area contributed by atoms with E-state index in [0.717, 1.165) is 12.1 Å². The molecule has 0 atom stereocenters. The zero-order chi connectivity index (χ0) is 14.9. The maximum Gasteiger partial charge on any atom is 0.416 e. The first kappa shape index (κ1) is 14.3. The molecule has 20 heavy (non-hydrogen) atoms. The Kier molecular flexibility index (Phi) is 3.65. The summed E-state index contributed by atoms with van der Waals surface area (Å²) in [4.78, 5) is 8.46. The third kappa shape index (κ3) is 2.74. The number of rotatable bonds is 2. The summed E-state index contributed by atoms with van der Waals surface area (Å²) in [6, 6.07) is 4.88. The van der Waals surface area contributed by atoms with Gasteiger partial charge in [-0.1, -0.05) is 19.1 Å². The summed E-state index contributed by atoms with van der Waals surface area (Å²) < 4.78 is 37.6. The fourth-order valence-electron chi connectivity index (χ4n) is 1.84. The number of hydrogen-bond acceptors (Lipinski definition) is 3. The fraction of sp³-hybridized carbons (Fsp3) is 0.286. The predicted molar refractivity (Wildman–Crippen MR) is 71.0 cm³/mol.